The summed E-state index contributed by atoms with van der Waals surface area (Å²) in [7, 11) is 0. The van der Waals surface area contributed by atoms with Crippen molar-refractivity contribution < 1.29 is 4.79 Å². The van der Waals surface area contributed by atoms with Gasteiger partial charge in [-0.3, -0.25) is 9.48 Å². The van der Waals surface area contributed by atoms with Gasteiger partial charge in [0.2, 0.25) is 5.91 Å². The molecule has 5 heteroatoms. The molecule has 0 bridgehead atoms. The first-order valence-corrected chi connectivity index (χ1v) is 5.79. The number of hydrogen-bond acceptors (Lipinski definition) is 3. The van der Waals surface area contributed by atoms with Gasteiger partial charge in [0.1, 0.15) is 0 Å². The van der Waals surface area contributed by atoms with Crippen LogP contribution in [0.25, 0.3) is 0 Å². The monoisotopic (exact) mass is 222 g/mol. The molecule has 2 N–H and O–H groups in total. The lowest BCUT2D eigenvalue weighted by Gasteiger charge is -2.06. The Hall–Kier alpha value is -1.36. The lowest BCUT2D eigenvalue weighted by Crippen LogP contribution is -2.36. The highest BCUT2D eigenvalue weighted by molar-refractivity contribution is 5.77. The van der Waals surface area contributed by atoms with Crippen molar-refractivity contribution in [3.63, 3.8) is 0 Å². The van der Waals surface area contributed by atoms with Gasteiger partial charge in [-0.05, 0) is 24.8 Å². The number of aromatic nitrogens is 2. The van der Waals surface area contributed by atoms with Crippen molar-refractivity contribution in [2.75, 3.05) is 19.6 Å². The van der Waals surface area contributed by atoms with Crippen molar-refractivity contribution in [2.24, 2.45) is 5.92 Å². The van der Waals surface area contributed by atoms with Gasteiger partial charge in [0.15, 0.2) is 0 Å². The summed E-state index contributed by atoms with van der Waals surface area (Å²) in [5, 5.41) is 10.1. The fourth-order valence-electron chi connectivity index (χ4n) is 1.47. The summed E-state index contributed by atoms with van der Waals surface area (Å²) in [6.45, 7) is 2.80. The molecule has 5 nitrogen and oxygen atoms in total. The predicted octanol–water partition coefficient (Wildman–Crippen LogP) is -0.00110. The molecule has 0 aromatic carbocycles. The number of amides is 1. The fraction of sp³-hybridized carbons (Fsp3) is 0.636. The van der Waals surface area contributed by atoms with E-state index in [2.05, 4.69) is 15.7 Å². The number of nitrogens with zero attached hydrogens (tertiary/aromatic N) is 2. The largest absolute Gasteiger partial charge is 0.355 e. The molecule has 1 aliphatic carbocycles. The first-order chi connectivity index (χ1) is 7.84. The fourth-order valence-corrected chi connectivity index (χ4v) is 1.47. The molecule has 2 rings (SSSR count). The van der Waals surface area contributed by atoms with Crippen molar-refractivity contribution in [3.8, 4) is 0 Å². The molecule has 1 aliphatic rings. The minimum atomic E-state index is 0.0902. The number of carbonyl (C=O) groups is 1. The van der Waals surface area contributed by atoms with Crippen LogP contribution in [0.15, 0.2) is 18.5 Å². The Kier molecular flexibility index (Phi) is 3.93. The average Bonchev–Trinajstić information content (AvgIpc) is 2.97. The van der Waals surface area contributed by atoms with Crippen LogP contribution in [-0.4, -0.2) is 35.3 Å². The number of carbonyl (C=O) groups excluding carboxylic acids is 1. The van der Waals surface area contributed by atoms with Crippen molar-refractivity contribution in [1.82, 2.24) is 20.4 Å². The first-order valence-electron chi connectivity index (χ1n) is 5.79. The Morgan fingerprint density at radius 2 is 2.38 bits per heavy atom. The molecule has 16 heavy (non-hydrogen) atoms. The zero-order valence-electron chi connectivity index (χ0n) is 9.35. The minimum Gasteiger partial charge on any atom is -0.355 e. The molecule has 1 amide bonds. The van der Waals surface area contributed by atoms with E-state index in [-0.39, 0.29) is 5.91 Å². The molecular weight excluding hydrogens is 204 g/mol. The van der Waals surface area contributed by atoms with Gasteiger partial charge in [-0.1, -0.05) is 0 Å². The van der Waals surface area contributed by atoms with Crippen LogP contribution < -0.4 is 10.6 Å². The molecule has 1 fully saturated rings. The van der Waals surface area contributed by atoms with E-state index in [1.807, 2.05) is 16.9 Å². The quantitative estimate of drug-likeness (QED) is 0.638. The van der Waals surface area contributed by atoms with Gasteiger partial charge in [0.25, 0.3) is 0 Å². The minimum absolute atomic E-state index is 0.0902. The second-order valence-electron chi connectivity index (χ2n) is 4.19. The molecule has 0 aliphatic heterocycles. The molecule has 0 saturated heterocycles. The lowest BCUT2D eigenvalue weighted by molar-refractivity contribution is -0.120. The van der Waals surface area contributed by atoms with Gasteiger partial charge in [-0.15, -0.1) is 0 Å². The SMILES string of the molecule is O=C(CNCCn1cccn1)NCC1CC1. The molecule has 1 saturated carbocycles. The van der Waals surface area contributed by atoms with Crippen LogP contribution in [0.3, 0.4) is 0 Å². The van der Waals surface area contributed by atoms with Gasteiger partial charge < -0.3 is 10.6 Å². The highest BCUT2D eigenvalue weighted by atomic mass is 16.1. The van der Waals surface area contributed by atoms with E-state index in [1.54, 1.807) is 6.20 Å². The van der Waals surface area contributed by atoms with E-state index >= 15 is 0 Å². The maximum Gasteiger partial charge on any atom is 0.233 e. The Morgan fingerprint density at radius 3 is 3.06 bits per heavy atom. The third-order valence-corrected chi connectivity index (χ3v) is 2.65. The third kappa shape index (κ3) is 4.02. The normalized spacial score (nSPS) is 15.0. The Labute approximate surface area is 95.2 Å². The second-order valence-corrected chi connectivity index (χ2v) is 4.19. The number of nitrogens with one attached hydrogen (secondary N) is 2. The van der Waals surface area contributed by atoms with Crippen LogP contribution >= 0.6 is 0 Å². The predicted molar refractivity (Wildman–Crippen MR) is 60.8 cm³/mol. The summed E-state index contributed by atoms with van der Waals surface area (Å²) in [5.74, 6) is 0.834. The zero-order chi connectivity index (χ0) is 11.2. The highest BCUT2D eigenvalue weighted by Crippen LogP contribution is 2.27. The molecule has 1 aromatic rings. The Bertz CT molecular complexity index is 319. The van der Waals surface area contributed by atoms with Crippen LogP contribution in [-0.2, 0) is 11.3 Å². The number of hydrogen-bond donors (Lipinski definition) is 2. The summed E-state index contributed by atoms with van der Waals surface area (Å²) in [5.41, 5.74) is 0. The average molecular weight is 222 g/mol. The van der Waals surface area contributed by atoms with Gasteiger partial charge in [-0.25, -0.2) is 0 Å². The summed E-state index contributed by atoms with van der Waals surface area (Å²) >= 11 is 0. The lowest BCUT2D eigenvalue weighted by atomic mass is 10.4. The second kappa shape index (κ2) is 5.65. The molecule has 0 spiro atoms. The van der Waals surface area contributed by atoms with Crippen LogP contribution in [0.4, 0.5) is 0 Å². The molecule has 0 atom stereocenters. The van der Waals surface area contributed by atoms with E-state index in [9.17, 15) is 4.79 Å². The Balaban J connectivity index is 1.48. The van der Waals surface area contributed by atoms with Gasteiger partial charge in [-0.2, -0.15) is 5.10 Å². The van der Waals surface area contributed by atoms with Crippen molar-refractivity contribution in [3.05, 3.63) is 18.5 Å². The molecule has 0 radical (unpaired) electrons. The van der Waals surface area contributed by atoms with E-state index in [1.165, 1.54) is 12.8 Å². The molecule has 1 heterocycles. The Morgan fingerprint density at radius 1 is 1.50 bits per heavy atom. The smallest absolute Gasteiger partial charge is 0.233 e. The molecule has 1 aromatic heterocycles. The van der Waals surface area contributed by atoms with Crippen LogP contribution in [0.2, 0.25) is 0 Å². The van der Waals surface area contributed by atoms with E-state index in [0.717, 1.165) is 25.6 Å². The van der Waals surface area contributed by atoms with Crippen molar-refractivity contribution in [2.45, 2.75) is 19.4 Å². The summed E-state index contributed by atoms with van der Waals surface area (Å²) in [6, 6.07) is 1.89. The summed E-state index contributed by atoms with van der Waals surface area (Å²) in [4.78, 5) is 11.3. The summed E-state index contributed by atoms with van der Waals surface area (Å²) < 4.78 is 1.84. The van der Waals surface area contributed by atoms with Crippen LogP contribution in [0.5, 0.6) is 0 Å². The highest BCUT2D eigenvalue weighted by Gasteiger charge is 2.21. The zero-order valence-corrected chi connectivity index (χ0v) is 9.35. The molecule has 0 unspecified atom stereocenters. The van der Waals surface area contributed by atoms with Gasteiger partial charge in [0, 0.05) is 25.5 Å². The summed E-state index contributed by atoms with van der Waals surface area (Å²) in [6.07, 6.45) is 6.21. The van der Waals surface area contributed by atoms with Gasteiger partial charge >= 0.3 is 0 Å². The molecular formula is C11H18N4O. The van der Waals surface area contributed by atoms with E-state index in [0.29, 0.717) is 6.54 Å². The third-order valence-electron chi connectivity index (χ3n) is 2.65. The van der Waals surface area contributed by atoms with Crippen molar-refractivity contribution in [1.29, 1.82) is 0 Å². The van der Waals surface area contributed by atoms with Crippen LogP contribution in [0.1, 0.15) is 12.8 Å². The maximum atomic E-state index is 11.3. The number of rotatable bonds is 7. The van der Waals surface area contributed by atoms with Crippen LogP contribution in [0, 0.1) is 5.92 Å². The topological polar surface area (TPSA) is 59.0 Å². The standard InChI is InChI=1S/C11H18N4O/c16-11(13-8-10-2-3-10)9-12-5-7-15-6-1-4-14-15/h1,4,6,10,12H,2-3,5,7-9H2,(H,13,16). The van der Waals surface area contributed by atoms with Crippen molar-refractivity contribution >= 4 is 5.91 Å². The van der Waals surface area contributed by atoms with E-state index in [4.69, 9.17) is 0 Å². The maximum absolute atomic E-state index is 11.3. The first kappa shape index (κ1) is 11.1. The van der Waals surface area contributed by atoms with Gasteiger partial charge in [0.05, 0.1) is 13.1 Å². The van der Waals surface area contributed by atoms with E-state index < -0.39 is 0 Å². The molecule has 88 valence electrons.